The number of aromatic nitrogens is 1. The molecule has 5 heteroatoms. The number of halogens is 1. The molecule has 0 bridgehead atoms. The largest absolute Gasteiger partial charge is 0.485 e. The van der Waals surface area contributed by atoms with Gasteiger partial charge in [-0.05, 0) is 32.0 Å². The average Bonchev–Trinajstić information content (AvgIpc) is 2.67. The van der Waals surface area contributed by atoms with Gasteiger partial charge in [-0.3, -0.25) is 0 Å². The van der Waals surface area contributed by atoms with Crippen LogP contribution in [-0.4, -0.2) is 4.98 Å². The third-order valence-electron chi connectivity index (χ3n) is 2.48. The van der Waals surface area contributed by atoms with Crippen LogP contribution in [0, 0.1) is 25.2 Å². The third kappa shape index (κ3) is 2.81. The smallest absolute Gasteiger partial charge is 0.140 e. The first-order valence-corrected chi connectivity index (χ1v) is 6.55. The fraction of sp³-hybridized carbons (Fsp3) is 0.231. The minimum atomic E-state index is 0.394. The number of benzene rings is 1. The quantitative estimate of drug-likeness (QED) is 0.856. The van der Waals surface area contributed by atoms with E-state index in [-0.39, 0.29) is 0 Å². The van der Waals surface area contributed by atoms with Crippen LogP contribution in [0.25, 0.3) is 0 Å². The van der Waals surface area contributed by atoms with E-state index in [0.717, 1.165) is 10.7 Å². The SMILES string of the molecule is Cc1nc(COc2ccc(C#N)cc2Cl)sc1C. The number of nitrogens with zero attached hydrogens (tertiary/aromatic N) is 2. The number of ether oxygens (including phenoxy) is 1. The van der Waals surface area contributed by atoms with Gasteiger partial charge in [-0.25, -0.2) is 4.98 Å². The summed E-state index contributed by atoms with van der Waals surface area (Å²) in [6.45, 7) is 4.40. The lowest BCUT2D eigenvalue weighted by Crippen LogP contribution is -1.95. The lowest BCUT2D eigenvalue weighted by Gasteiger charge is -2.06. The van der Waals surface area contributed by atoms with Gasteiger partial charge in [0.2, 0.25) is 0 Å². The Morgan fingerprint density at radius 3 is 2.78 bits per heavy atom. The van der Waals surface area contributed by atoms with Crippen molar-refractivity contribution in [3.8, 4) is 11.8 Å². The van der Waals surface area contributed by atoms with Crippen LogP contribution < -0.4 is 4.74 Å². The molecule has 0 atom stereocenters. The molecule has 0 aliphatic carbocycles. The van der Waals surface area contributed by atoms with Gasteiger partial charge < -0.3 is 4.74 Å². The summed E-state index contributed by atoms with van der Waals surface area (Å²) < 4.78 is 5.60. The summed E-state index contributed by atoms with van der Waals surface area (Å²) in [6.07, 6.45) is 0. The van der Waals surface area contributed by atoms with Crippen molar-refractivity contribution in [2.75, 3.05) is 0 Å². The van der Waals surface area contributed by atoms with Crippen molar-refractivity contribution in [1.82, 2.24) is 4.98 Å². The van der Waals surface area contributed by atoms with E-state index in [1.54, 1.807) is 29.5 Å². The van der Waals surface area contributed by atoms with Crippen LogP contribution in [0.3, 0.4) is 0 Å². The first-order valence-electron chi connectivity index (χ1n) is 5.35. The lowest BCUT2D eigenvalue weighted by molar-refractivity contribution is 0.305. The highest BCUT2D eigenvalue weighted by atomic mass is 35.5. The Morgan fingerprint density at radius 2 is 2.22 bits per heavy atom. The van der Waals surface area contributed by atoms with Gasteiger partial charge in [0.15, 0.2) is 0 Å². The molecular weight excluding hydrogens is 268 g/mol. The Balaban J connectivity index is 2.09. The summed E-state index contributed by atoms with van der Waals surface area (Å²) in [4.78, 5) is 5.58. The van der Waals surface area contributed by atoms with Gasteiger partial charge in [-0.1, -0.05) is 11.6 Å². The maximum absolute atomic E-state index is 8.74. The van der Waals surface area contributed by atoms with Crippen LogP contribution in [0.5, 0.6) is 5.75 Å². The molecule has 0 aliphatic heterocycles. The number of rotatable bonds is 3. The van der Waals surface area contributed by atoms with Gasteiger partial charge in [0.1, 0.15) is 17.4 Å². The summed E-state index contributed by atoms with van der Waals surface area (Å²) >= 11 is 7.63. The maximum atomic E-state index is 8.74. The Labute approximate surface area is 115 Å². The van der Waals surface area contributed by atoms with Crippen molar-refractivity contribution in [3.05, 3.63) is 44.4 Å². The zero-order valence-corrected chi connectivity index (χ0v) is 11.6. The highest BCUT2D eigenvalue weighted by Crippen LogP contribution is 2.27. The highest BCUT2D eigenvalue weighted by Gasteiger charge is 2.07. The molecule has 18 heavy (non-hydrogen) atoms. The fourth-order valence-electron chi connectivity index (χ4n) is 1.43. The Kier molecular flexibility index (Phi) is 3.85. The summed E-state index contributed by atoms with van der Waals surface area (Å²) in [5.74, 6) is 0.571. The van der Waals surface area contributed by atoms with Crippen molar-refractivity contribution in [2.24, 2.45) is 0 Å². The summed E-state index contributed by atoms with van der Waals surface area (Å²) in [5, 5.41) is 10.1. The molecule has 0 unspecified atom stereocenters. The predicted octanol–water partition coefficient (Wildman–Crippen LogP) is 3.86. The van der Waals surface area contributed by atoms with Crippen molar-refractivity contribution < 1.29 is 4.74 Å². The molecule has 0 amide bonds. The lowest BCUT2D eigenvalue weighted by atomic mass is 10.2. The van der Waals surface area contributed by atoms with Gasteiger partial charge >= 0.3 is 0 Å². The van der Waals surface area contributed by atoms with Gasteiger partial charge in [0, 0.05) is 4.88 Å². The van der Waals surface area contributed by atoms with Gasteiger partial charge in [0.05, 0.1) is 22.3 Å². The highest BCUT2D eigenvalue weighted by molar-refractivity contribution is 7.11. The summed E-state index contributed by atoms with van der Waals surface area (Å²) in [7, 11) is 0. The van der Waals surface area contributed by atoms with Crippen LogP contribution in [0.1, 0.15) is 21.1 Å². The third-order valence-corrected chi connectivity index (χ3v) is 3.83. The Bertz CT molecular complexity index is 596. The normalized spacial score (nSPS) is 10.1. The van der Waals surface area contributed by atoms with E-state index in [1.807, 2.05) is 19.9 Å². The van der Waals surface area contributed by atoms with Crippen LogP contribution in [-0.2, 0) is 6.61 Å². The first-order chi connectivity index (χ1) is 8.60. The van der Waals surface area contributed by atoms with Crippen molar-refractivity contribution >= 4 is 22.9 Å². The van der Waals surface area contributed by atoms with E-state index >= 15 is 0 Å². The van der Waals surface area contributed by atoms with Crippen LogP contribution in [0.2, 0.25) is 5.02 Å². The Hall–Kier alpha value is -1.57. The molecule has 0 aliphatic rings. The molecule has 0 N–H and O–H groups in total. The minimum Gasteiger partial charge on any atom is -0.485 e. The molecule has 1 aromatic carbocycles. The molecule has 0 saturated heterocycles. The minimum absolute atomic E-state index is 0.394. The summed E-state index contributed by atoms with van der Waals surface area (Å²) in [5.41, 5.74) is 1.55. The van der Waals surface area contributed by atoms with Crippen molar-refractivity contribution in [2.45, 2.75) is 20.5 Å². The number of nitriles is 1. The van der Waals surface area contributed by atoms with E-state index in [4.69, 9.17) is 21.6 Å². The second-order valence-electron chi connectivity index (χ2n) is 3.79. The van der Waals surface area contributed by atoms with E-state index in [9.17, 15) is 0 Å². The van der Waals surface area contributed by atoms with E-state index in [0.29, 0.717) is 22.9 Å². The topological polar surface area (TPSA) is 45.9 Å². The molecular formula is C13H11ClN2OS. The van der Waals surface area contributed by atoms with Gasteiger partial charge in [0.25, 0.3) is 0 Å². The van der Waals surface area contributed by atoms with Crippen LogP contribution in [0.15, 0.2) is 18.2 Å². The van der Waals surface area contributed by atoms with Crippen LogP contribution in [0.4, 0.5) is 0 Å². The van der Waals surface area contributed by atoms with Crippen LogP contribution >= 0.6 is 22.9 Å². The first kappa shape index (κ1) is 12.9. The molecule has 0 saturated carbocycles. The molecule has 2 aromatic rings. The van der Waals surface area contributed by atoms with E-state index in [1.165, 1.54) is 4.88 Å². The number of hydrogen-bond donors (Lipinski definition) is 0. The number of thiazole rings is 1. The molecule has 1 heterocycles. The summed E-state index contributed by atoms with van der Waals surface area (Å²) in [6, 6.07) is 7.00. The Morgan fingerprint density at radius 1 is 1.44 bits per heavy atom. The number of aryl methyl sites for hydroxylation is 2. The van der Waals surface area contributed by atoms with E-state index < -0.39 is 0 Å². The molecule has 0 radical (unpaired) electrons. The predicted molar refractivity (Wildman–Crippen MR) is 72.1 cm³/mol. The zero-order chi connectivity index (χ0) is 13.1. The molecule has 92 valence electrons. The van der Waals surface area contributed by atoms with Gasteiger partial charge in [-0.15, -0.1) is 11.3 Å². The zero-order valence-electron chi connectivity index (χ0n) is 10.0. The average molecular weight is 279 g/mol. The second-order valence-corrected chi connectivity index (χ2v) is 5.49. The standard InChI is InChI=1S/C13H11ClN2OS/c1-8-9(2)18-13(16-8)7-17-12-4-3-10(6-15)5-11(12)14/h3-5H,7H2,1-2H3. The van der Waals surface area contributed by atoms with Gasteiger partial charge in [-0.2, -0.15) is 5.26 Å². The molecule has 0 spiro atoms. The molecule has 3 nitrogen and oxygen atoms in total. The fourth-order valence-corrected chi connectivity index (χ4v) is 2.51. The van der Waals surface area contributed by atoms with E-state index in [2.05, 4.69) is 4.98 Å². The van der Waals surface area contributed by atoms with Crippen molar-refractivity contribution in [3.63, 3.8) is 0 Å². The number of hydrogen-bond acceptors (Lipinski definition) is 4. The molecule has 0 fully saturated rings. The van der Waals surface area contributed by atoms with Crippen molar-refractivity contribution in [1.29, 1.82) is 5.26 Å². The molecule has 1 aromatic heterocycles. The molecule has 2 rings (SSSR count). The maximum Gasteiger partial charge on any atom is 0.140 e. The second kappa shape index (κ2) is 5.38. The monoisotopic (exact) mass is 278 g/mol.